The van der Waals surface area contributed by atoms with Crippen molar-refractivity contribution in [3.8, 4) is 5.75 Å². The molecule has 4 heteroatoms. The van der Waals surface area contributed by atoms with Crippen molar-refractivity contribution in [2.45, 2.75) is 44.8 Å². The van der Waals surface area contributed by atoms with Crippen LogP contribution in [-0.4, -0.2) is 63.4 Å². The smallest absolute Gasteiger partial charge is 0.123 e. The van der Waals surface area contributed by atoms with E-state index in [0.717, 1.165) is 32.0 Å². The van der Waals surface area contributed by atoms with Crippen LogP contribution in [0.15, 0.2) is 24.3 Å². The molecular formula is C21H34N2O2. The molecule has 1 aliphatic carbocycles. The molecule has 1 aromatic carbocycles. The quantitative estimate of drug-likeness (QED) is 0.755. The van der Waals surface area contributed by atoms with Gasteiger partial charge in [-0.15, -0.1) is 0 Å². The molecular weight excluding hydrogens is 312 g/mol. The molecule has 1 aromatic rings. The number of benzene rings is 1. The van der Waals surface area contributed by atoms with Crippen molar-refractivity contribution >= 4 is 0 Å². The van der Waals surface area contributed by atoms with E-state index < -0.39 is 0 Å². The minimum Gasteiger partial charge on any atom is -0.492 e. The summed E-state index contributed by atoms with van der Waals surface area (Å²) >= 11 is 0. The average molecular weight is 347 g/mol. The van der Waals surface area contributed by atoms with Crippen LogP contribution in [0.1, 0.15) is 37.7 Å². The number of para-hydroxylation sites is 1. The fraction of sp³-hybridized carbons (Fsp3) is 0.714. The predicted octanol–water partition coefficient (Wildman–Crippen LogP) is 3.41. The van der Waals surface area contributed by atoms with E-state index in [0.29, 0.717) is 11.5 Å². The SMILES string of the molecule is CO[C@@H]1CCC[C@]12CCCN(Cc1ccccc1OCCN(C)C)C2. The van der Waals surface area contributed by atoms with Crippen molar-refractivity contribution in [2.75, 3.05) is 47.4 Å². The van der Waals surface area contributed by atoms with Gasteiger partial charge in [-0.25, -0.2) is 0 Å². The Balaban J connectivity index is 1.64. The van der Waals surface area contributed by atoms with Gasteiger partial charge in [-0.3, -0.25) is 4.90 Å². The molecule has 1 heterocycles. The average Bonchev–Trinajstić information content (AvgIpc) is 2.98. The van der Waals surface area contributed by atoms with Gasteiger partial charge in [0.25, 0.3) is 0 Å². The molecule has 0 bridgehead atoms. The van der Waals surface area contributed by atoms with Gasteiger partial charge in [-0.2, -0.15) is 0 Å². The number of likely N-dealkylation sites (tertiary alicyclic amines) is 1. The van der Waals surface area contributed by atoms with Gasteiger partial charge < -0.3 is 14.4 Å². The van der Waals surface area contributed by atoms with E-state index in [2.05, 4.69) is 48.2 Å². The Bertz CT molecular complexity index is 548. The maximum atomic E-state index is 6.06. The topological polar surface area (TPSA) is 24.9 Å². The Morgan fingerprint density at radius 1 is 1.20 bits per heavy atom. The van der Waals surface area contributed by atoms with Gasteiger partial charge in [0, 0.05) is 37.7 Å². The Morgan fingerprint density at radius 2 is 2.00 bits per heavy atom. The lowest BCUT2D eigenvalue weighted by atomic mass is 9.76. The third-order valence-electron chi connectivity index (χ3n) is 5.96. The predicted molar refractivity (Wildman–Crippen MR) is 102 cm³/mol. The van der Waals surface area contributed by atoms with E-state index in [4.69, 9.17) is 9.47 Å². The molecule has 25 heavy (non-hydrogen) atoms. The third kappa shape index (κ3) is 4.55. The lowest BCUT2D eigenvalue weighted by Crippen LogP contribution is -2.47. The first-order valence-corrected chi connectivity index (χ1v) is 9.73. The first-order valence-electron chi connectivity index (χ1n) is 9.73. The minimum absolute atomic E-state index is 0.383. The highest BCUT2D eigenvalue weighted by molar-refractivity contribution is 5.33. The zero-order valence-corrected chi connectivity index (χ0v) is 16.2. The second-order valence-electron chi connectivity index (χ2n) is 8.05. The maximum absolute atomic E-state index is 6.06. The van der Waals surface area contributed by atoms with Crippen LogP contribution in [0.25, 0.3) is 0 Å². The van der Waals surface area contributed by atoms with Gasteiger partial charge in [0.05, 0.1) is 6.10 Å². The van der Waals surface area contributed by atoms with Crippen LogP contribution in [0, 0.1) is 5.41 Å². The van der Waals surface area contributed by atoms with Crippen LogP contribution in [0.4, 0.5) is 0 Å². The number of hydrogen-bond acceptors (Lipinski definition) is 4. The van der Waals surface area contributed by atoms with Crippen LogP contribution in [0.2, 0.25) is 0 Å². The first kappa shape index (κ1) is 18.7. The molecule has 0 aromatic heterocycles. The molecule has 2 fully saturated rings. The molecule has 2 atom stereocenters. The Kier molecular flexibility index (Phi) is 6.37. The van der Waals surface area contributed by atoms with Gasteiger partial charge in [0.15, 0.2) is 0 Å². The summed E-state index contributed by atoms with van der Waals surface area (Å²) in [5, 5.41) is 0. The highest BCUT2D eigenvalue weighted by Crippen LogP contribution is 2.46. The molecule has 1 spiro atoms. The molecule has 1 aliphatic heterocycles. The highest BCUT2D eigenvalue weighted by atomic mass is 16.5. The van der Waals surface area contributed by atoms with Crippen LogP contribution in [0.5, 0.6) is 5.75 Å². The van der Waals surface area contributed by atoms with Crippen LogP contribution in [0.3, 0.4) is 0 Å². The third-order valence-corrected chi connectivity index (χ3v) is 5.96. The zero-order chi connectivity index (χ0) is 17.7. The Labute approximate surface area is 153 Å². The molecule has 0 amide bonds. The molecule has 140 valence electrons. The fourth-order valence-corrected chi connectivity index (χ4v) is 4.69. The standard InChI is InChI=1S/C21H34N2O2/c1-22(2)14-15-25-19-9-5-4-8-18(19)16-23-13-7-12-21(17-23)11-6-10-20(21)24-3/h4-5,8-9,20H,6-7,10-17H2,1-3H3/t20-,21-/m1/s1. The summed E-state index contributed by atoms with van der Waals surface area (Å²) < 4.78 is 11.9. The highest BCUT2D eigenvalue weighted by Gasteiger charge is 2.45. The van der Waals surface area contributed by atoms with Gasteiger partial charge in [0.2, 0.25) is 0 Å². The second kappa shape index (κ2) is 8.52. The maximum Gasteiger partial charge on any atom is 0.123 e. The summed E-state index contributed by atoms with van der Waals surface area (Å²) in [7, 11) is 6.05. The molecule has 3 rings (SSSR count). The molecule has 0 unspecified atom stereocenters. The molecule has 4 nitrogen and oxygen atoms in total. The first-order chi connectivity index (χ1) is 12.1. The number of ether oxygens (including phenoxy) is 2. The van der Waals surface area contributed by atoms with Gasteiger partial charge in [0.1, 0.15) is 12.4 Å². The van der Waals surface area contributed by atoms with Crippen molar-refractivity contribution in [3.05, 3.63) is 29.8 Å². The van der Waals surface area contributed by atoms with Crippen molar-refractivity contribution in [1.82, 2.24) is 9.80 Å². The number of nitrogens with zero attached hydrogens (tertiary/aromatic N) is 2. The number of likely N-dealkylation sites (N-methyl/N-ethyl adjacent to an activating group) is 1. The lowest BCUT2D eigenvalue weighted by Gasteiger charge is -2.43. The molecule has 0 N–H and O–H groups in total. The van der Waals surface area contributed by atoms with E-state index in [1.165, 1.54) is 44.2 Å². The minimum atomic E-state index is 0.383. The van der Waals surface area contributed by atoms with E-state index in [-0.39, 0.29) is 0 Å². The van der Waals surface area contributed by atoms with E-state index >= 15 is 0 Å². The number of piperidine rings is 1. The number of rotatable bonds is 7. The monoisotopic (exact) mass is 346 g/mol. The van der Waals surface area contributed by atoms with Crippen LogP contribution < -0.4 is 4.74 Å². The molecule has 1 saturated carbocycles. The molecule has 2 aliphatic rings. The van der Waals surface area contributed by atoms with Gasteiger partial charge >= 0.3 is 0 Å². The zero-order valence-electron chi connectivity index (χ0n) is 16.2. The fourth-order valence-electron chi connectivity index (χ4n) is 4.69. The van der Waals surface area contributed by atoms with Crippen molar-refractivity contribution in [3.63, 3.8) is 0 Å². The number of methoxy groups -OCH3 is 1. The van der Waals surface area contributed by atoms with Crippen LogP contribution >= 0.6 is 0 Å². The van der Waals surface area contributed by atoms with Gasteiger partial charge in [-0.1, -0.05) is 24.6 Å². The summed E-state index contributed by atoms with van der Waals surface area (Å²) in [6.45, 7) is 5.01. The summed E-state index contributed by atoms with van der Waals surface area (Å²) in [5.74, 6) is 1.04. The van der Waals surface area contributed by atoms with Crippen molar-refractivity contribution < 1.29 is 9.47 Å². The molecule has 1 saturated heterocycles. The van der Waals surface area contributed by atoms with E-state index in [9.17, 15) is 0 Å². The Morgan fingerprint density at radius 3 is 2.80 bits per heavy atom. The normalized spacial score (nSPS) is 27.3. The van der Waals surface area contributed by atoms with Crippen LogP contribution in [-0.2, 0) is 11.3 Å². The summed E-state index contributed by atoms with van der Waals surface area (Å²) in [5.41, 5.74) is 1.69. The molecule has 0 radical (unpaired) electrons. The number of hydrogen-bond donors (Lipinski definition) is 0. The Hall–Kier alpha value is -1.10. The van der Waals surface area contributed by atoms with Crippen molar-refractivity contribution in [2.24, 2.45) is 5.41 Å². The van der Waals surface area contributed by atoms with E-state index in [1.807, 2.05) is 7.11 Å². The largest absolute Gasteiger partial charge is 0.492 e. The van der Waals surface area contributed by atoms with E-state index in [1.54, 1.807) is 0 Å². The summed E-state index contributed by atoms with van der Waals surface area (Å²) in [4.78, 5) is 4.77. The second-order valence-corrected chi connectivity index (χ2v) is 8.05. The van der Waals surface area contributed by atoms with Crippen molar-refractivity contribution in [1.29, 1.82) is 0 Å². The summed E-state index contributed by atoms with van der Waals surface area (Å²) in [6, 6.07) is 8.53. The lowest BCUT2D eigenvalue weighted by molar-refractivity contribution is -0.0367. The van der Waals surface area contributed by atoms with Gasteiger partial charge in [-0.05, 0) is 52.4 Å². The summed E-state index contributed by atoms with van der Waals surface area (Å²) in [6.07, 6.45) is 6.92.